The summed E-state index contributed by atoms with van der Waals surface area (Å²) in [6.07, 6.45) is -10.1. The molecule has 18 heteroatoms. The molecule has 2 aromatic heterocycles. The predicted molar refractivity (Wildman–Crippen MR) is 144 cm³/mol. The first-order valence-electron chi connectivity index (χ1n) is 13.6. The Morgan fingerprint density at radius 2 is 1.51 bits per heavy atom. The van der Waals surface area contributed by atoms with Gasteiger partial charge in [0.1, 0.15) is 35.2 Å². The third kappa shape index (κ3) is 7.45. The summed E-state index contributed by atoms with van der Waals surface area (Å²) in [4.78, 5) is 47.2. The molecule has 9 nitrogen and oxygen atoms in total. The number of nitrogens with zero attached hydrogens (tertiary/aromatic N) is 3. The highest BCUT2D eigenvalue weighted by Gasteiger charge is 2.44. The monoisotopic (exact) mass is 692 g/mol. The van der Waals surface area contributed by atoms with Crippen LogP contribution in [0.2, 0.25) is 5.02 Å². The summed E-state index contributed by atoms with van der Waals surface area (Å²) in [6.45, 7) is -0.499. The van der Waals surface area contributed by atoms with Crippen molar-refractivity contribution in [2.24, 2.45) is 5.92 Å². The number of aromatic nitrogens is 2. The van der Waals surface area contributed by atoms with E-state index in [2.05, 4.69) is 15.3 Å². The number of carbonyl (C=O) groups excluding carboxylic acids is 3. The van der Waals surface area contributed by atoms with Gasteiger partial charge in [0.15, 0.2) is 0 Å². The van der Waals surface area contributed by atoms with Gasteiger partial charge in [0.25, 0.3) is 5.91 Å². The first kappa shape index (κ1) is 34.0. The normalized spacial score (nSPS) is 19.2. The van der Waals surface area contributed by atoms with Crippen molar-refractivity contribution in [2.75, 3.05) is 19.8 Å². The number of esters is 1. The van der Waals surface area contributed by atoms with Crippen LogP contribution in [0.5, 0.6) is 0 Å². The zero-order chi connectivity index (χ0) is 34.3. The van der Waals surface area contributed by atoms with E-state index in [9.17, 15) is 49.5 Å². The van der Waals surface area contributed by atoms with Crippen LogP contribution in [0.4, 0.5) is 35.1 Å². The molecule has 0 aliphatic carbocycles. The lowest BCUT2D eigenvalue weighted by Gasteiger charge is -2.36. The van der Waals surface area contributed by atoms with Gasteiger partial charge in [0, 0.05) is 35.9 Å². The van der Waals surface area contributed by atoms with Gasteiger partial charge in [-0.3, -0.25) is 19.6 Å². The molecule has 4 heterocycles. The third-order valence-electron chi connectivity index (χ3n) is 7.49. The van der Waals surface area contributed by atoms with Crippen molar-refractivity contribution in [2.45, 2.75) is 37.0 Å². The Bertz CT molecular complexity index is 1700. The van der Waals surface area contributed by atoms with Crippen LogP contribution in [0.1, 0.15) is 50.1 Å². The molecule has 3 atom stereocenters. The summed E-state index contributed by atoms with van der Waals surface area (Å²) in [5, 5.41) is 2.01. The molecule has 2 aliphatic heterocycles. The summed E-state index contributed by atoms with van der Waals surface area (Å²) < 4.78 is 119. The lowest BCUT2D eigenvalue weighted by molar-refractivity contribution is -0.142. The quantitative estimate of drug-likeness (QED) is 0.201. The lowest BCUT2D eigenvalue weighted by Crippen LogP contribution is -2.50. The maximum absolute atomic E-state index is 14.9. The van der Waals surface area contributed by atoms with Gasteiger partial charge in [-0.25, -0.2) is 13.6 Å². The van der Waals surface area contributed by atoms with Crippen molar-refractivity contribution < 1.29 is 59.0 Å². The van der Waals surface area contributed by atoms with Crippen LogP contribution in [0, 0.1) is 17.6 Å². The van der Waals surface area contributed by atoms with Gasteiger partial charge < -0.3 is 19.7 Å². The van der Waals surface area contributed by atoms with Crippen molar-refractivity contribution in [3.05, 3.63) is 93.5 Å². The molecule has 2 aliphatic rings. The van der Waals surface area contributed by atoms with Crippen LogP contribution in [0.3, 0.4) is 0 Å². The Labute approximate surface area is 264 Å². The number of hydrogen-bond acceptors (Lipinski definition) is 7. The van der Waals surface area contributed by atoms with Gasteiger partial charge in [-0.05, 0) is 36.4 Å². The number of hydrogen-bond donors (Lipinski definition) is 1. The molecule has 2 fully saturated rings. The fourth-order valence-corrected chi connectivity index (χ4v) is 5.24. The Morgan fingerprint density at radius 3 is 2.09 bits per heavy atom. The summed E-state index contributed by atoms with van der Waals surface area (Å²) in [7, 11) is 0. The van der Waals surface area contributed by atoms with Gasteiger partial charge in [-0.1, -0.05) is 11.6 Å². The second kappa shape index (κ2) is 13.0. The standard InChI is InChI=1S/C29H21ClF8N4O5/c30-18-9-19(31)17(8-20(18)32)24(15-11-46-12-15)41-25(43)21-7-16(47-27(45)14-2-4-40-23(6-14)29(36,37)38)10-42(21)26(44)13-1-3-39-22(5-13)28(33,34)35/h1-6,8-9,15-16,21,24H,7,10-12H2,(H,41,43)/t16?,21?,24-/m1/s1. The Kier molecular flexibility index (Phi) is 9.41. The van der Waals surface area contributed by atoms with Gasteiger partial charge in [0.05, 0.1) is 36.4 Å². The number of pyridine rings is 2. The van der Waals surface area contributed by atoms with E-state index < -0.39 is 106 Å². The molecule has 0 radical (unpaired) electrons. The van der Waals surface area contributed by atoms with Crippen LogP contribution in [0.15, 0.2) is 48.8 Å². The average molecular weight is 693 g/mol. The third-order valence-corrected chi connectivity index (χ3v) is 7.78. The van der Waals surface area contributed by atoms with Crippen molar-refractivity contribution in [3.8, 4) is 0 Å². The Hall–Kier alpha value is -4.38. The number of halogens is 9. The Morgan fingerprint density at radius 1 is 0.915 bits per heavy atom. The van der Waals surface area contributed by atoms with E-state index in [1.807, 2.05) is 0 Å². The summed E-state index contributed by atoms with van der Waals surface area (Å²) in [6, 6.07) is 1.52. The van der Waals surface area contributed by atoms with E-state index in [1.165, 1.54) is 0 Å². The molecule has 2 unspecified atom stereocenters. The first-order chi connectivity index (χ1) is 22.0. The second-order valence-electron chi connectivity index (χ2n) is 10.7. The minimum absolute atomic E-state index is 0.0330. The smallest absolute Gasteiger partial charge is 0.433 e. The van der Waals surface area contributed by atoms with E-state index in [0.29, 0.717) is 18.2 Å². The molecule has 5 rings (SSSR count). The number of ether oxygens (including phenoxy) is 2. The number of rotatable bonds is 7. The second-order valence-corrected chi connectivity index (χ2v) is 11.1. The van der Waals surface area contributed by atoms with Crippen molar-refractivity contribution >= 4 is 29.4 Å². The zero-order valence-electron chi connectivity index (χ0n) is 23.5. The SMILES string of the molecule is O=C(OC1CC(C(=O)N[C@@H](c2cc(F)c(Cl)cc2F)C2COC2)N(C(=O)c2ccnc(C(F)(F)F)c2)C1)c1ccnc(C(F)(F)F)c1. The number of likely N-dealkylation sites (tertiary alicyclic amines) is 1. The van der Waals surface area contributed by atoms with E-state index in [0.717, 1.165) is 35.5 Å². The van der Waals surface area contributed by atoms with Gasteiger partial charge in [-0.15, -0.1) is 0 Å². The van der Waals surface area contributed by atoms with Crippen LogP contribution in [0.25, 0.3) is 0 Å². The molecule has 1 N–H and O–H groups in total. The van der Waals surface area contributed by atoms with Crippen LogP contribution in [-0.4, -0.2) is 64.6 Å². The summed E-state index contributed by atoms with van der Waals surface area (Å²) in [5.41, 5.74) is -4.17. The fourth-order valence-electron chi connectivity index (χ4n) is 5.09. The highest BCUT2D eigenvalue weighted by molar-refractivity contribution is 6.30. The van der Waals surface area contributed by atoms with Gasteiger partial charge in [0.2, 0.25) is 5.91 Å². The maximum Gasteiger partial charge on any atom is 0.433 e. The predicted octanol–water partition coefficient (Wildman–Crippen LogP) is 5.39. The van der Waals surface area contributed by atoms with Crippen LogP contribution in [-0.2, 0) is 26.6 Å². The number of benzene rings is 1. The average Bonchev–Trinajstić information content (AvgIpc) is 3.40. The highest BCUT2D eigenvalue weighted by Crippen LogP contribution is 2.34. The molecule has 3 aromatic rings. The molecule has 0 bridgehead atoms. The van der Waals surface area contributed by atoms with E-state index in [1.54, 1.807) is 0 Å². The number of amides is 2. The topological polar surface area (TPSA) is 111 Å². The van der Waals surface area contributed by atoms with E-state index >= 15 is 0 Å². The molecule has 0 spiro atoms. The molecule has 2 amide bonds. The van der Waals surface area contributed by atoms with Crippen molar-refractivity contribution in [3.63, 3.8) is 0 Å². The zero-order valence-corrected chi connectivity index (χ0v) is 24.3. The van der Waals surface area contributed by atoms with E-state index in [-0.39, 0.29) is 18.8 Å². The molecule has 2 saturated heterocycles. The largest absolute Gasteiger partial charge is 0.457 e. The van der Waals surface area contributed by atoms with E-state index in [4.69, 9.17) is 21.1 Å². The molecule has 1 aromatic carbocycles. The molecular formula is C29H21ClF8N4O5. The Balaban J connectivity index is 1.44. The van der Waals surface area contributed by atoms with Crippen LogP contribution >= 0.6 is 11.6 Å². The minimum Gasteiger partial charge on any atom is -0.457 e. The lowest BCUT2D eigenvalue weighted by atomic mass is 9.90. The number of nitrogens with one attached hydrogen (secondary N) is 1. The molecule has 250 valence electrons. The summed E-state index contributed by atoms with van der Waals surface area (Å²) in [5.74, 6) is -5.86. The first-order valence-corrected chi connectivity index (χ1v) is 14.0. The molecule has 47 heavy (non-hydrogen) atoms. The van der Waals surface area contributed by atoms with Crippen molar-refractivity contribution in [1.29, 1.82) is 0 Å². The molecule has 0 saturated carbocycles. The van der Waals surface area contributed by atoms with Crippen LogP contribution < -0.4 is 5.32 Å². The highest BCUT2D eigenvalue weighted by atomic mass is 35.5. The molecular weight excluding hydrogens is 672 g/mol. The maximum atomic E-state index is 14.9. The van der Waals surface area contributed by atoms with Gasteiger partial charge in [-0.2, -0.15) is 26.3 Å². The fraction of sp³-hybridized carbons (Fsp3) is 0.345. The van der Waals surface area contributed by atoms with Gasteiger partial charge >= 0.3 is 18.3 Å². The number of alkyl halides is 6. The van der Waals surface area contributed by atoms with Crippen molar-refractivity contribution in [1.82, 2.24) is 20.2 Å². The number of carbonyl (C=O) groups is 3. The summed E-state index contributed by atoms with van der Waals surface area (Å²) >= 11 is 5.66. The minimum atomic E-state index is -4.92.